The number of hydrogen-bond acceptors (Lipinski definition) is 1. The van der Waals surface area contributed by atoms with Crippen molar-refractivity contribution in [2.45, 2.75) is 6.92 Å². The standard InChI is InChI=1S/C16H14FNO/c1-3-11-18(4-2)16(19)14-9-10-15(17)13-8-6-5-7-12(13)14/h1,5-10H,4,11H2,2H3. The van der Waals surface area contributed by atoms with E-state index in [2.05, 4.69) is 5.92 Å². The molecule has 2 nitrogen and oxygen atoms in total. The Morgan fingerprint density at radius 2 is 1.95 bits per heavy atom. The van der Waals surface area contributed by atoms with Gasteiger partial charge in [-0.25, -0.2) is 4.39 Å². The fraction of sp³-hybridized carbons (Fsp3) is 0.188. The third kappa shape index (κ3) is 2.43. The van der Waals surface area contributed by atoms with Crippen LogP contribution in [0, 0.1) is 18.2 Å². The number of amides is 1. The molecule has 0 aliphatic rings. The van der Waals surface area contributed by atoms with Gasteiger partial charge in [-0.1, -0.05) is 30.2 Å². The summed E-state index contributed by atoms with van der Waals surface area (Å²) in [6, 6.07) is 9.78. The van der Waals surface area contributed by atoms with Crippen molar-refractivity contribution < 1.29 is 9.18 Å². The van der Waals surface area contributed by atoms with Crippen molar-refractivity contribution >= 4 is 16.7 Å². The number of carbonyl (C=O) groups excluding carboxylic acids is 1. The lowest BCUT2D eigenvalue weighted by atomic mass is 10.0. The van der Waals surface area contributed by atoms with Crippen molar-refractivity contribution in [2.24, 2.45) is 0 Å². The first-order valence-corrected chi connectivity index (χ1v) is 6.09. The Hall–Kier alpha value is -2.34. The Morgan fingerprint density at radius 3 is 2.58 bits per heavy atom. The highest BCUT2D eigenvalue weighted by molar-refractivity contribution is 6.07. The maximum absolute atomic E-state index is 13.7. The molecule has 1 amide bonds. The highest BCUT2D eigenvalue weighted by Crippen LogP contribution is 2.22. The average molecular weight is 255 g/mol. The number of nitrogens with zero attached hydrogens (tertiary/aromatic N) is 1. The largest absolute Gasteiger partial charge is 0.328 e. The summed E-state index contributed by atoms with van der Waals surface area (Å²) in [7, 11) is 0. The molecular formula is C16H14FNO. The molecule has 2 aromatic rings. The molecule has 0 bridgehead atoms. The lowest BCUT2D eigenvalue weighted by Gasteiger charge is -2.19. The van der Waals surface area contributed by atoms with Gasteiger partial charge in [0.15, 0.2) is 0 Å². The van der Waals surface area contributed by atoms with Gasteiger partial charge < -0.3 is 4.90 Å². The molecule has 0 saturated carbocycles. The minimum atomic E-state index is -0.327. The highest BCUT2D eigenvalue weighted by atomic mass is 19.1. The lowest BCUT2D eigenvalue weighted by Crippen LogP contribution is -2.31. The second-order valence-corrected chi connectivity index (χ2v) is 4.16. The van der Waals surface area contributed by atoms with E-state index in [0.29, 0.717) is 22.9 Å². The summed E-state index contributed by atoms with van der Waals surface area (Å²) in [6.45, 7) is 2.64. The number of carbonyl (C=O) groups is 1. The van der Waals surface area contributed by atoms with Gasteiger partial charge in [0, 0.05) is 17.5 Å². The predicted molar refractivity (Wildman–Crippen MR) is 74.3 cm³/mol. The summed E-state index contributed by atoms with van der Waals surface area (Å²) < 4.78 is 13.7. The van der Waals surface area contributed by atoms with Crippen LogP contribution < -0.4 is 0 Å². The van der Waals surface area contributed by atoms with Crippen molar-refractivity contribution in [2.75, 3.05) is 13.1 Å². The van der Waals surface area contributed by atoms with Crippen LogP contribution in [0.25, 0.3) is 10.8 Å². The van der Waals surface area contributed by atoms with Gasteiger partial charge in [-0.2, -0.15) is 0 Å². The zero-order chi connectivity index (χ0) is 13.8. The molecule has 0 aliphatic heterocycles. The molecule has 2 rings (SSSR count). The number of benzene rings is 2. The summed E-state index contributed by atoms with van der Waals surface area (Å²) in [5, 5.41) is 1.06. The Labute approximate surface area is 111 Å². The van der Waals surface area contributed by atoms with E-state index in [4.69, 9.17) is 6.42 Å². The Morgan fingerprint density at radius 1 is 1.26 bits per heavy atom. The third-order valence-corrected chi connectivity index (χ3v) is 3.05. The molecule has 3 heteroatoms. The second kappa shape index (κ2) is 5.53. The monoisotopic (exact) mass is 255 g/mol. The molecule has 0 atom stereocenters. The highest BCUT2D eigenvalue weighted by Gasteiger charge is 2.17. The van der Waals surface area contributed by atoms with Crippen molar-refractivity contribution in [1.82, 2.24) is 4.90 Å². The van der Waals surface area contributed by atoms with Gasteiger partial charge in [0.25, 0.3) is 5.91 Å². The number of rotatable bonds is 3. The SMILES string of the molecule is C#CCN(CC)C(=O)c1ccc(F)c2ccccc12. The molecule has 0 aromatic heterocycles. The molecule has 0 saturated heterocycles. The second-order valence-electron chi connectivity index (χ2n) is 4.16. The Bertz CT molecular complexity index is 657. The van der Waals surface area contributed by atoms with Crippen LogP contribution in [0.2, 0.25) is 0 Å². The molecular weight excluding hydrogens is 241 g/mol. The summed E-state index contributed by atoms with van der Waals surface area (Å²) in [4.78, 5) is 14.0. The first kappa shape index (κ1) is 13.1. The lowest BCUT2D eigenvalue weighted by molar-refractivity contribution is 0.0787. The first-order chi connectivity index (χ1) is 9.19. The zero-order valence-corrected chi connectivity index (χ0v) is 10.7. The maximum atomic E-state index is 13.7. The van der Waals surface area contributed by atoms with Gasteiger partial charge in [-0.15, -0.1) is 6.42 Å². The van der Waals surface area contributed by atoms with E-state index in [1.807, 2.05) is 6.92 Å². The van der Waals surface area contributed by atoms with E-state index < -0.39 is 0 Å². The smallest absolute Gasteiger partial charge is 0.255 e. The van der Waals surface area contributed by atoms with Crippen LogP contribution in [-0.4, -0.2) is 23.9 Å². The molecule has 0 N–H and O–H groups in total. The van der Waals surface area contributed by atoms with E-state index in [0.717, 1.165) is 0 Å². The summed E-state index contributed by atoms with van der Waals surface area (Å²) in [6.07, 6.45) is 5.25. The van der Waals surface area contributed by atoms with Crippen molar-refractivity contribution in [3.8, 4) is 12.3 Å². The van der Waals surface area contributed by atoms with Gasteiger partial charge in [0.05, 0.1) is 6.54 Å². The van der Waals surface area contributed by atoms with Crippen molar-refractivity contribution in [3.05, 3.63) is 47.8 Å². The molecule has 0 aliphatic carbocycles. The number of fused-ring (bicyclic) bond motifs is 1. The maximum Gasteiger partial charge on any atom is 0.255 e. The molecule has 0 heterocycles. The molecule has 0 fully saturated rings. The molecule has 96 valence electrons. The normalized spacial score (nSPS) is 10.2. The fourth-order valence-corrected chi connectivity index (χ4v) is 2.06. The molecule has 0 spiro atoms. The fourth-order valence-electron chi connectivity index (χ4n) is 2.06. The van der Waals surface area contributed by atoms with Crippen LogP contribution >= 0.6 is 0 Å². The van der Waals surface area contributed by atoms with Crippen molar-refractivity contribution in [3.63, 3.8) is 0 Å². The zero-order valence-electron chi connectivity index (χ0n) is 10.7. The van der Waals surface area contributed by atoms with Gasteiger partial charge >= 0.3 is 0 Å². The van der Waals surface area contributed by atoms with E-state index in [1.54, 1.807) is 29.2 Å². The third-order valence-electron chi connectivity index (χ3n) is 3.05. The van der Waals surface area contributed by atoms with Gasteiger partial charge in [-0.05, 0) is 24.4 Å². The van der Waals surface area contributed by atoms with Gasteiger partial charge in [-0.3, -0.25) is 4.79 Å². The Kier molecular flexibility index (Phi) is 3.82. The topological polar surface area (TPSA) is 20.3 Å². The molecule has 0 radical (unpaired) electrons. The van der Waals surface area contributed by atoms with Gasteiger partial charge in [0.2, 0.25) is 0 Å². The van der Waals surface area contributed by atoms with Crippen LogP contribution in [0.3, 0.4) is 0 Å². The van der Waals surface area contributed by atoms with E-state index in [-0.39, 0.29) is 18.3 Å². The van der Waals surface area contributed by atoms with Crippen LogP contribution in [0.4, 0.5) is 4.39 Å². The van der Waals surface area contributed by atoms with E-state index in [9.17, 15) is 9.18 Å². The number of terminal acetylenes is 1. The molecule has 0 unspecified atom stereocenters. The van der Waals surface area contributed by atoms with E-state index >= 15 is 0 Å². The van der Waals surface area contributed by atoms with E-state index in [1.165, 1.54) is 12.1 Å². The minimum Gasteiger partial charge on any atom is -0.328 e. The van der Waals surface area contributed by atoms with Crippen LogP contribution in [0.15, 0.2) is 36.4 Å². The minimum absolute atomic E-state index is 0.170. The number of hydrogen-bond donors (Lipinski definition) is 0. The van der Waals surface area contributed by atoms with Crippen molar-refractivity contribution in [1.29, 1.82) is 0 Å². The molecule has 2 aromatic carbocycles. The Balaban J connectivity index is 2.54. The summed E-state index contributed by atoms with van der Waals surface area (Å²) in [5.41, 5.74) is 0.481. The van der Waals surface area contributed by atoms with Crippen LogP contribution in [-0.2, 0) is 0 Å². The first-order valence-electron chi connectivity index (χ1n) is 6.09. The molecule has 19 heavy (non-hydrogen) atoms. The quantitative estimate of drug-likeness (QED) is 0.772. The van der Waals surface area contributed by atoms with Crippen LogP contribution in [0.5, 0.6) is 0 Å². The summed E-state index contributed by atoms with van der Waals surface area (Å²) >= 11 is 0. The van der Waals surface area contributed by atoms with Crippen LogP contribution in [0.1, 0.15) is 17.3 Å². The number of halogens is 1. The predicted octanol–water partition coefficient (Wildman–Crippen LogP) is 3.07. The summed E-state index contributed by atoms with van der Waals surface area (Å²) in [5.74, 6) is 1.96. The average Bonchev–Trinajstić information content (AvgIpc) is 2.45. The van der Waals surface area contributed by atoms with Gasteiger partial charge in [0.1, 0.15) is 5.82 Å².